The number of piperidine rings is 1. The highest BCUT2D eigenvalue weighted by atomic mass is 16.5. The Morgan fingerprint density at radius 3 is 2.57 bits per heavy atom. The molecule has 1 saturated carbocycles. The number of ketones is 1. The fraction of sp³-hybridized carbons (Fsp3) is 0.667. The number of nitrogens with two attached hydrogens (primary N) is 1. The number of ether oxygens (including phenoxy) is 1. The zero-order valence-corrected chi connectivity index (χ0v) is 21.4. The standard InChI is InChI=1S/C27H36N6O4/c1-32-11-9-16(10-12-32)18-7-8-19(26(28)35)20(13-18)23(17-5-3-2-4-6-17)27(36)33-14-21(30-31-29)25-24(33)22(34)15-37-25/h7-8,13,16-17,21,23-25H,2-6,9-12,14-15H2,1H3,(H2,28,35)/t21-,23+,24-,25-/m1/s1. The highest BCUT2D eigenvalue weighted by Crippen LogP contribution is 2.42. The highest BCUT2D eigenvalue weighted by Gasteiger charge is 2.53. The summed E-state index contributed by atoms with van der Waals surface area (Å²) >= 11 is 0. The van der Waals surface area contributed by atoms with Crippen LogP contribution in [-0.4, -0.2) is 78.9 Å². The van der Waals surface area contributed by atoms with E-state index >= 15 is 0 Å². The third-order valence-electron chi connectivity index (χ3n) is 8.89. The monoisotopic (exact) mass is 508 g/mol. The molecule has 0 radical (unpaired) electrons. The Hall–Kier alpha value is -2.94. The number of amides is 2. The second kappa shape index (κ2) is 10.8. The van der Waals surface area contributed by atoms with Crippen LogP contribution in [0.5, 0.6) is 0 Å². The normalized spacial score (nSPS) is 28.1. The van der Waals surface area contributed by atoms with Crippen molar-refractivity contribution in [3.05, 3.63) is 45.3 Å². The number of hydrogen-bond donors (Lipinski definition) is 1. The molecule has 5 rings (SSSR count). The number of nitrogens with zero attached hydrogens (tertiary/aromatic N) is 5. The van der Waals surface area contributed by atoms with E-state index < -0.39 is 30.0 Å². The fourth-order valence-electron chi connectivity index (χ4n) is 6.92. The first-order valence-electron chi connectivity index (χ1n) is 13.5. The maximum atomic E-state index is 14.4. The molecule has 0 bridgehead atoms. The average Bonchev–Trinajstić information content (AvgIpc) is 3.46. The lowest BCUT2D eigenvalue weighted by Gasteiger charge is -2.35. The minimum atomic E-state index is -0.761. The first kappa shape index (κ1) is 25.7. The van der Waals surface area contributed by atoms with Crippen molar-refractivity contribution in [1.82, 2.24) is 9.80 Å². The predicted octanol–water partition coefficient (Wildman–Crippen LogP) is 3.12. The van der Waals surface area contributed by atoms with Crippen LogP contribution in [0.25, 0.3) is 10.4 Å². The molecule has 0 spiro atoms. The van der Waals surface area contributed by atoms with Gasteiger partial charge in [0.05, 0.1) is 18.1 Å². The second-order valence-corrected chi connectivity index (χ2v) is 11.1. The summed E-state index contributed by atoms with van der Waals surface area (Å²) in [6.45, 7) is 2.04. The highest BCUT2D eigenvalue weighted by molar-refractivity contribution is 5.99. The van der Waals surface area contributed by atoms with Crippen LogP contribution in [0.1, 0.15) is 78.3 Å². The van der Waals surface area contributed by atoms with Crippen LogP contribution in [0.2, 0.25) is 0 Å². The van der Waals surface area contributed by atoms with Gasteiger partial charge in [-0.1, -0.05) is 36.5 Å². The molecular formula is C27H36N6O4. The molecule has 10 heteroatoms. The molecule has 4 aliphatic rings. The Balaban J connectivity index is 1.55. The summed E-state index contributed by atoms with van der Waals surface area (Å²) in [4.78, 5) is 46.6. The summed E-state index contributed by atoms with van der Waals surface area (Å²) in [5, 5.41) is 3.84. The average molecular weight is 509 g/mol. The number of azide groups is 1. The smallest absolute Gasteiger partial charge is 0.249 e. The van der Waals surface area contributed by atoms with E-state index in [9.17, 15) is 14.4 Å². The van der Waals surface area contributed by atoms with E-state index in [4.69, 9.17) is 16.0 Å². The second-order valence-electron chi connectivity index (χ2n) is 11.1. The molecule has 0 unspecified atom stereocenters. The van der Waals surface area contributed by atoms with Crippen LogP contribution in [0.3, 0.4) is 0 Å². The van der Waals surface area contributed by atoms with Crippen molar-refractivity contribution in [2.45, 2.75) is 75.0 Å². The van der Waals surface area contributed by atoms with Gasteiger partial charge in [-0.25, -0.2) is 0 Å². The fourth-order valence-corrected chi connectivity index (χ4v) is 6.92. The predicted molar refractivity (Wildman–Crippen MR) is 137 cm³/mol. The van der Waals surface area contributed by atoms with Crippen LogP contribution in [0.15, 0.2) is 23.3 Å². The summed E-state index contributed by atoms with van der Waals surface area (Å²) < 4.78 is 5.65. The third-order valence-corrected chi connectivity index (χ3v) is 8.89. The van der Waals surface area contributed by atoms with Gasteiger partial charge in [-0.15, -0.1) is 0 Å². The van der Waals surface area contributed by atoms with Crippen LogP contribution in [0, 0.1) is 5.92 Å². The van der Waals surface area contributed by atoms with Crippen molar-refractivity contribution in [3.63, 3.8) is 0 Å². The quantitative estimate of drug-likeness (QED) is 0.357. The molecule has 37 heavy (non-hydrogen) atoms. The first-order valence-corrected chi connectivity index (χ1v) is 13.5. The number of benzene rings is 1. The molecule has 3 saturated heterocycles. The summed E-state index contributed by atoms with van der Waals surface area (Å²) in [7, 11) is 2.12. The lowest BCUT2D eigenvalue weighted by Crippen LogP contribution is -2.46. The van der Waals surface area contributed by atoms with Gasteiger partial charge in [0.2, 0.25) is 11.8 Å². The minimum Gasteiger partial charge on any atom is -0.367 e. The van der Waals surface area contributed by atoms with Crippen LogP contribution in [0.4, 0.5) is 0 Å². The number of likely N-dealkylation sites (tertiary alicyclic amines) is 2. The Morgan fingerprint density at radius 1 is 1.16 bits per heavy atom. The summed E-state index contributed by atoms with van der Waals surface area (Å²) in [6, 6.07) is 4.44. The zero-order chi connectivity index (χ0) is 26.1. The number of primary amides is 1. The summed E-state index contributed by atoms with van der Waals surface area (Å²) in [5.74, 6) is -1.11. The molecule has 4 fully saturated rings. The third kappa shape index (κ3) is 4.98. The van der Waals surface area contributed by atoms with Gasteiger partial charge >= 0.3 is 0 Å². The number of carbonyl (C=O) groups excluding carboxylic acids is 3. The molecule has 1 aromatic carbocycles. The molecule has 1 aliphatic carbocycles. The number of hydrogen-bond acceptors (Lipinski definition) is 6. The van der Waals surface area contributed by atoms with Crippen LogP contribution >= 0.6 is 0 Å². The Bertz CT molecular complexity index is 1100. The number of fused-ring (bicyclic) bond motifs is 1. The van der Waals surface area contributed by atoms with E-state index in [0.29, 0.717) is 17.0 Å². The molecule has 0 aromatic heterocycles. The van der Waals surface area contributed by atoms with Crippen molar-refractivity contribution in [2.24, 2.45) is 16.8 Å². The van der Waals surface area contributed by atoms with Crippen molar-refractivity contribution >= 4 is 17.6 Å². The van der Waals surface area contributed by atoms with E-state index in [1.54, 1.807) is 11.0 Å². The van der Waals surface area contributed by atoms with E-state index in [1.165, 1.54) is 0 Å². The minimum absolute atomic E-state index is 0.0430. The summed E-state index contributed by atoms with van der Waals surface area (Å²) in [6.07, 6.45) is 6.32. The Morgan fingerprint density at radius 2 is 1.89 bits per heavy atom. The van der Waals surface area contributed by atoms with E-state index in [2.05, 4.69) is 22.0 Å². The first-order chi connectivity index (χ1) is 17.9. The maximum absolute atomic E-state index is 14.4. The number of carbonyl (C=O) groups is 3. The topological polar surface area (TPSA) is 142 Å². The molecule has 198 valence electrons. The molecule has 4 atom stereocenters. The lowest BCUT2D eigenvalue weighted by molar-refractivity contribution is -0.139. The van der Waals surface area contributed by atoms with Gasteiger partial charge in [0.15, 0.2) is 5.78 Å². The van der Waals surface area contributed by atoms with Gasteiger partial charge in [-0.05, 0) is 80.4 Å². The molecule has 10 nitrogen and oxygen atoms in total. The largest absolute Gasteiger partial charge is 0.367 e. The van der Waals surface area contributed by atoms with E-state index in [-0.39, 0.29) is 30.8 Å². The lowest BCUT2D eigenvalue weighted by atomic mass is 9.73. The van der Waals surface area contributed by atoms with Crippen LogP contribution in [-0.2, 0) is 14.3 Å². The van der Waals surface area contributed by atoms with Crippen molar-refractivity contribution in [3.8, 4) is 0 Å². The molecule has 3 heterocycles. The molecule has 2 N–H and O–H groups in total. The number of rotatable bonds is 6. The molecular weight excluding hydrogens is 472 g/mol. The molecule has 1 aromatic rings. The molecule has 3 aliphatic heterocycles. The Kier molecular flexibility index (Phi) is 7.51. The van der Waals surface area contributed by atoms with Gasteiger partial charge in [0.1, 0.15) is 12.6 Å². The van der Waals surface area contributed by atoms with Crippen LogP contribution < -0.4 is 5.73 Å². The zero-order valence-electron chi connectivity index (χ0n) is 21.4. The maximum Gasteiger partial charge on any atom is 0.249 e. The van der Waals surface area contributed by atoms with E-state index in [0.717, 1.165) is 63.6 Å². The van der Waals surface area contributed by atoms with Gasteiger partial charge in [0, 0.05) is 17.0 Å². The summed E-state index contributed by atoms with van der Waals surface area (Å²) in [5.41, 5.74) is 17.1. The SMILES string of the molecule is CN1CCC(c2ccc(C(N)=O)c([C@@H](C(=O)N3C[C@@H](N=[N+]=[N-])[C@H]4OCC(=O)[C@H]43)C3CCCCC3)c2)CC1. The van der Waals surface area contributed by atoms with Crippen molar-refractivity contribution < 1.29 is 19.1 Å². The number of Topliss-reactive ketones (excluding diaryl/α,β-unsaturated/α-hetero) is 1. The van der Waals surface area contributed by atoms with Crippen molar-refractivity contribution in [1.29, 1.82) is 0 Å². The Labute approximate surface area is 217 Å². The molecule has 2 amide bonds. The van der Waals surface area contributed by atoms with Gasteiger partial charge in [0.25, 0.3) is 0 Å². The van der Waals surface area contributed by atoms with Crippen molar-refractivity contribution in [2.75, 3.05) is 33.3 Å². The van der Waals surface area contributed by atoms with E-state index in [1.807, 2.05) is 12.1 Å². The van der Waals surface area contributed by atoms with Gasteiger partial charge < -0.3 is 20.3 Å². The van der Waals surface area contributed by atoms with Gasteiger partial charge in [-0.3, -0.25) is 14.4 Å². The van der Waals surface area contributed by atoms with Gasteiger partial charge in [-0.2, -0.15) is 0 Å².